The lowest BCUT2D eigenvalue weighted by Crippen LogP contribution is -2.07. The first-order valence-corrected chi connectivity index (χ1v) is 7.68. The Morgan fingerprint density at radius 3 is 2.65 bits per heavy atom. The molecule has 1 aliphatic heterocycles. The SMILES string of the molecule is COc1cc(C2=NC(=Cc3cccc(C)c3)C(=O)O2)ccc1OC(F)F. The van der Waals surface area contributed by atoms with Gasteiger partial charge in [-0.2, -0.15) is 8.78 Å². The summed E-state index contributed by atoms with van der Waals surface area (Å²) >= 11 is 0. The zero-order valence-electron chi connectivity index (χ0n) is 14.0. The molecular formula is C19H15F2NO4. The van der Waals surface area contributed by atoms with E-state index < -0.39 is 12.6 Å². The lowest BCUT2D eigenvalue weighted by Gasteiger charge is -2.10. The van der Waals surface area contributed by atoms with Crippen molar-refractivity contribution in [2.75, 3.05) is 7.11 Å². The van der Waals surface area contributed by atoms with Gasteiger partial charge >= 0.3 is 12.6 Å². The third kappa shape index (κ3) is 3.88. The lowest BCUT2D eigenvalue weighted by atomic mass is 10.1. The fourth-order valence-corrected chi connectivity index (χ4v) is 2.44. The van der Waals surface area contributed by atoms with Gasteiger partial charge in [-0.05, 0) is 36.8 Å². The molecule has 0 unspecified atom stereocenters. The van der Waals surface area contributed by atoms with Gasteiger partial charge in [-0.25, -0.2) is 9.79 Å². The van der Waals surface area contributed by atoms with Crippen molar-refractivity contribution >= 4 is 17.9 Å². The third-order valence-corrected chi connectivity index (χ3v) is 3.59. The average Bonchev–Trinajstić information content (AvgIpc) is 2.95. The number of alkyl halides is 2. The summed E-state index contributed by atoms with van der Waals surface area (Å²) in [5.74, 6) is -0.562. The van der Waals surface area contributed by atoms with Crippen molar-refractivity contribution in [2.24, 2.45) is 4.99 Å². The van der Waals surface area contributed by atoms with Gasteiger partial charge in [0.2, 0.25) is 5.90 Å². The molecule has 2 aromatic rings. The molecule has 1 heterocycles. The van der Waals surface area contributed by atoms with Gasteiger partial charge in [0.25, 0.3) is 0 Å². The van der Waals surface area contributed by atoms with E-state index in [1.54, 1.807) is 6.08 Å². The number of halogens is 2. The van der Waals surface area contributed by atoms with Crippen LogP contribution in [-0.4, -0.2) is 25.6 Å². The number of methoxy groups -OCH3 is 1. The van der Waals surface area contributed by atoms with Crippen molar-refractivity contribution in [3.8, 4) is 11.5 Å². The van der Waals surface area contributed by atoms with Crippen LogP contribution in [0.5, 0.6) is 11.5 Å². The molecule has 0 aliphatic carbocycles. The topological polar surface area (TPSA) is 57.1 Å². The molecule has 7 heteroatoms. The molecule has 5 nitrogen and oxygen atoms in total. The Labute approximate surface area is 148 Å². The zero-order chi connectivity index (χ0) is 18.7. The van der Waals surface area contributed by atoms with E-state index in [1.165, 1.54) is 25.3 Å². The number of carbonyl (C=O) groups is 1. The molecule has 0 amide bonds. The molecule has 0 bridgehead atoms. The van der Waals surface area contributed by atoms with Gasteiger partial charge in [0, 0.05) is 5.56 Å². The Morgan fingerprint density at radius 1 is 1.15 bits per heavy atom. The molecule has 3 rings (SSSR count). The van der Waals surface area contributed by atoms with Crippen molar-refractivity contribution in [1.29, 1.82) is 0 Å². The van der Waals surface area contributed by atoms with E-state index in [0.29, 0.717) is 5.56 Å². The number of esters is 1. The summed E-state index contributed by atoms with van der Waals surface area (Å²) in [5, 5.41) is 0. The number of hydrogen-bond acceptors (Lipinski definition) is 5. The van der Waals surface area contributed by atoms with E-state index in [2.05, 4.69) is 9.73 Å². The van der Waals surface area contributed by atoms with Gasteiger partial charge in [-0.15, -0.1) is 0 Å². The van der Waals surface area contributed by atoms with Crippen LogP contribution in [-0.2, 0) is 9.53 Å². The van der Waals surface area contributed by atoms with Crippen molar-refractivity contribution in [2.45, 2.75) is 13.5 Å². The number of rotatable bonds is 5. The smallest absolute Gasteiger partial charge is 0.387 e. The highest BCUT2D eigenvalue weighted by Crippen LogP contribution is 2.31. The van der Waals surface area contributed by atoms with E-state index >= 15 is 0 Å². The predicted molar refractivity (Wildman–Crippen MR) is 91.4 cm³/mol. The number of benzene rings is 2. The summed E-state index contributed by atoms with van der Waals surface area (Å²) in [6.07, 6.45) is 1.62. The van der Waals surface area contributed by atoms with E-state index in [0.717, 1.165) is 11.1 Å². The molecule has 0 radical (unpaired) electrons. The highest BCUT2D eigenvalue weighted by molar-refractivity contribution is 6.13. The Bertz CT molecular complexity index is 906. The van der Waals surface area contributed by atoms with Gasteiger partial charge in [0.15, 0.2) is 17.2 Å². The summed E-state index contributed by atoms with van der Waals surface area (Å²) in [4.78, 5) is 16.2. The van der Waals surface area contributed by atoms with Crippen LogP contribution in [0.25, 0.3) is 6.08 Å². The fourth-order valence-electron chi connectivity index (χ4n) is 2.44. The summed E-state index contributed by atoms with van der Waals surface area (Å²) in [7, 11) is 1.32. The Balaban J connectivity index is 1.91. The van der Waals surface area contributed by atoms with Crippen LogP contribution in [0.4, 0.5) is 8.78 Å². The number of ether oxygens (including phenoxy) is 3. The van der Waals surface area contributed by atoms with Crippen LogP contribution in [0.2, 0.25) is 0 Å². The monoisotopic (exact) mass is 359 g/mol. The van der Waals surface area contributed by atoms with Gasteiger partial charge < -0.3 is 14.2 Å². The molecule has 0 spiro atoms. The number of nitrogens with zero attached hydrogens (tertiary/aromatic N) is 1. The van der Waals surface area contributed by atoms with Crippen LogP contribution >= 0.6 is 0 Å². The molecule has 0 N–H and O–H groups in total. The number of hydrogen-bond donors (Lipinski definition) is 0. The fraction of sp³-hybridized carbons (Fsp3) is 0.158. The van der Waals surface area contributed by atoms with E-state index in [9.17, 15) is 13.6 Å². The van der Waals surface area contributed by atoms with Crippen molar-refractivity contribution < 1.29 is 27.8 Å². The first-order valence-electron chi connectivity index (χ1n) is 7.68. The molecular weight excluding hydrogens is 344 g/mol. The molecule has 0 atom stereocenters. The highest BCUT2D eigenvalue weighted by atomic mass is 19.3. The van der Waals surface area contributed by atoms with Crippen molar-refractivity contribution in [3.63, 3.8) is 0 Å². The minimum absolute atomic E-state index is 0.0656. The molecule has 1 aliphatic rings. The van der Waals surface area contributed by atoms with Crippen LogP contribution in [0, 0.1) is 6.92 Å². The predicted octanol–water partition coefficient (Wildman–Crippen LogP) is 3.95. The quantitative estimate of drug-likeness (QED) is 0.599. The minimum Gasteiger partial charge on any atom is -0.493 e. The molecule has 134 valence electrons. The second kappa shape index (κ2) is 7.35. The number of carbonyl (C=O) groups excluding carboxylic acids is 1. The molecule has 0 saturated heterocycles. The average molecular weight is 359 g/mol. The van der Waals surface area contributed by atoms with Gasteiger partial charge in [0.1, 0.15) is 0 Å². The second-order valence-corrected chi connectivity index (χ2v) is 5.49. The van der Waals surface area contributed by atoms with E-state index in [4.69, 9.17) is 9.47 Å². The second-order valence-electron chi connectivity index (χ2n) is 5.49. The normalized spacial score (nSPS) is 15.2. The largest absolute Gasteiger partial charge is 0.493 e. The van der Waals surface area contributed by atoms with Crippen molar-refractivity contribution in [3.05, 3.63) is 64.9 Å². The maximum atomic E-state index is 12.4. The first kappa shape index (κ1) is 17.6. The molecule has 2 aromatic carbocycles. The Kier molecular flexibility index (Phi) is 4.97. The summed E-state index contributed by atoms with van der Waals surface area (Å²) in [5.41, 5.74) is 2.43. The number of aliphatic imine (C=N–C) groups is 1. The summed E-state index contributed by atoms with van der Waals surface area (Å²) < 4.78 is 39.4. The third-order valence-electron chi connectivity index (χ3n) is 3.59. The van der Waals surface area contributed by atoms with Crippen LogP contribution in [0.3, 0.4) is 0 Å². The molecule has 0 saturated carbocycles. The Morgan fingerprint density at radius 2 is 1.96 bits per heavy atom. The van der Waals surface area contributed by atoms with Gasteiger partial charge in [0.05, 0.1) is 7.11 Å². The van der Waals surface area contributed by atoms with E-state index in [-0.39, 0.29) is 23.1 Å². The summed E-state index contributed by atoms with van der Waals surface area (Å²) in [6.45, 7) is -1.03. The zero-order valence-corrected chi connectivity index (χ0v) is 14.0. The van der Waals surface area contributed by atoms with Gasteiger partial charge in [-0.1, -0.05) is 29.8 Å². The highest BCUT2D eigenvalue weighted by Gasteiger charge is 2.25. The first-order chi connectivity index (χ1) is 12.5. The van der Waals surface area contributed by atoms with Crippen LogP contribution < -0.4 is 9.47 Å². The summed E-state index contributed by atoms with van der Waals surface area (Å²) in [6, 6.07) is 11.8. The maximum absolute atomic E-state index is 12.4. The molecule has 0 aromatic heterocycles. The maximum Gasteiger partial charge on any atom is 0.387 e. The molecule has 0 fully saturated rings. The van der Waals surface area contributed by atoms with Crippen LogP contribution in [0.1, 0.15) is 16.7 Å². The van der Waals surface area contributed by atoms with Gasteiger partial charge in [-0.3, -0.25) is 0 Å². The molecule has 26 heavy (non-hydrogen) atoms. The number of cyclic esters (lactones) is 1. The number of aryl methyl sites for hydroxylation is 1. The Hall–Kier alpha value is -3.22. The minimum atomic E-state index is -2.97. The van der Waals surface area contributed by atoms with Crippen LogP contribution in [0.15, 0.2) is 53.2 Å². The van der Waals surface area contributed by atoms with Crippen molar-refractivity contribution in [1.82, 2.24) is 0 Å². The van der Waals surface area contributed by atoms with E-state index in [1.807, 2.05) is 31.2 Å². The standard InChI is InChI=1S/C19H15F2NO4/c1-11-4-3-5-12(8-11)9-14-18(23)26-17(22-14)13-6-7-15(25-19(20)21)16(10-13)24-2/h3-10,19H,1-2H3. The lowest BCUT2D eigenvalue weighted by molar-refractivity contribution is -0.129.